The maximum absolute atomic E-state index is 6.67. The number of pyridine rings is 3. The molecule has 6 heteroatoms. The third-order valence-corrected chi connectivity index (χ3v) is 9.47. The van der Waals surface area contributed by atoms with E-state index in [1.807, 2.05) is 42.6 Å². The Hall–Kier alpha value is -6.01. The normalized spacial score (nSPS) is 12.6. The minimum absolute atomic E-state index is 0.0422. The SMILES string of the molecule is CC(C)(C)c1cccc2c1c1ccc(Oc3ccc4c5cccnc5n5c6ccccc6nc5c4c3)cc1c1nc3ccccc3n21. The predicted molar refractivity (Wildman–Crippen MR) is 192 cm³/mol. The Labute approximate surface area is 269 Å². The first-order chi connectivity index (χ1) is 22.9. The van der Waals surface area contributed by atoms with E-state index in [9.17, 15) is 0 Å². The number of fused-ring (bicyclic) bond motifs is 16. The minimum Gasteiger partial charge on any atom is -0.457 e. The van der Waals surface area contributed by atoms with Gasteiger partial charge >= 0.3 is 0 Å². The molecular formula is C41H29N5O. The molecule has 0 radical (unpaired) electrons. The molecule has 5 aromatic carbocycles. The first kappa shape index (κ1) is 26.2. The van der Waals surface area contributed by atoms with Crippen LogP contribution in [0.3, 0.4) is 0 Å². The summed E-state index contributed by atoms with van der Waals surface area (Å²) in [6.07, 6.45) is 1.84. The molecule has 5 aromatic heterocycles. The lowest BCUT2D eigenvalue weighted by Crippen LogP contribution is -2.12. The number of hydrogen-bond acceptors (Lipinski definition) is 4. The summed E-state index contributed by atoms with van der Waals surface area (Å²) in [5, 5.41) is 6.66. The first-order valence-corrected chi connectivity index (χ1v) is 16.0. The van der Waals surface area contributed by atoms with Crippen molar-refractivity contribution in [1.29, 1.82) is 0 Å². The van der Waals surface area contributed by atoms with Crippen LogP contribution in [0.5, 0.6) is 11.5 Å². The van der Waals surface area contributed by atoms with Crippen LogP contribution in [0.25, 0.3) is 76.8 Å². The van der Waals surface area contributed by atoms with Crippen molar-refractivity contribution in [3.05, 3.63) is 127 Å². The molecule has 0 aliphatic heterocycles. The van der Waals surface area contributed by atoms with Crippen molar-refractivity contribution in [3.63, 3.8) is 0 Å². The highest BCUT2D eigenvalue weighted by Crippen LogP contribution is 2.40. The monoisotopic (exact) mass is 607 g/mol. The largest absolute Gasteiger partial charge is 0.457 e. The van der Waals surface area contributed by atoms with E-state index in [0.717, 1.165) is 77.6 Å². The number of imidazole rings is 2. The van der Waals surface area contributed by atoms with Crippen LogP contribution in [0.1, 0.15) is 26.3 Å². The standard InChI is InChI=1S/C41H29N5O/c1-41(2,3)31-11-8-16-36-37(31)27-20-18-25(23-30(27)39-43-32-12-4-6-14-34(32)45(36)39)47-24-17-19-26-28-10-9-21-42-38(28)46-35-15-7-5-13-33(35)44-40(46)29(26)22-24/h4-23H,1-3H3. The molecule has 0 fully saturated rings. The van der Waals surface area contributed by atoms with Crippen LogP contribution >= 0.6 is 0 Å². The van der Waals surface area contributed by atoms with Crippen LogP contribution < -0.4 is 4.74 Å². The second-order valence-electron chi connectivity index (χ2n) is 13.4. The molecule has 0 bridgehead atoms. The van der Waals surface area contributed by atoms with Crippen molar-refractivity contribution < 1.29 is 4.74 Å². The second-order valence-corrected chi connectivity index (χ2v) is 13.4. The van der Waals surface area contributed by atoms with Crippen LogP contribution in [0.2, 0.25) is 0 Å². The molecule has 0 saturated heterocycles. The van der Waals surface area contributed by atoms with E-state index in [2.05, 4.69) is 108 Å². The summed E-state index contributed by atoms with van der Waals surface area (Å²) in [7, 11) is 0. The highest BCUT2D eigenvalue weighted by molar-refractivity contribution is 6.16. The van der Waals surface area contributed by atoms with Crippen LogP contribution in [-0.2, 0) is 5.41 Å². The van der Waals surface area contributed by atoms with Gasteiger partial charge in [-0.15, -0.1) is 0 Å². The zero-order valence-electron chi connectivity index (χ0n) is 26.2. The van der Waals surface area contributed by atoms with E-state index >= 15 is 0 Å². The van der Waals surface area contributed by atoms with Crippen molar-refractivity contribution in [3.8, 4) is 11.5 Å². The fourth-order valence-corrected chi connectivity index (χ4v) is 7.42. The third-order valence-electron chi connectivity index (χ3n) is 9.47. The van der Waals surface area contributed by atoms with E-state index < -0.39 is 0 Å². The van der Waals surface area contributed by atoms with E-state index in [1.54, 1.807) is 0 Å². The molecule has 10 aromatic rings. The summed E-state index contributed by atoms with van der Waals surface area (Å²) in [6.45, 7) is 6.83. The van der Waals surface area contributed by atoms with Crippen molar-refractivity contribution in [2.45, 2.75) is 26.2 Å². The number of rotatable bonds is 2. The number of benzene rings is 5. The molecule has 0 aliphatic rings. The summed E-state index contributed by atoms with van der Waals surface area (Å²) in [4.78, 5) is 15.0. The Morgan fingerprint density at radius 3 is 1.85 bits per heavy atom. The maximum atomic E-state index is 6.67. The third kappa shape index (κ3) is 3.69. The Morgan fingerprint density at radius 1 is 0.511 bits per heavy atom. The highest BCUT2D eigenvalue weighted by atomic mass is 16.5. The van der Waals surface area contributed by atoms with Gasteiger partial charge in [0.05, 0.1) is 27.6 Å². The quantitative estimate of drug-likeness (QED) is 0.184. The van der Waals surface area contributed by atoms with Crippen LogP contribution in [-0.4, -0.2) is 23.8 Å². The molecule has 5 heterocycles. The summed E-state index contributed by atoms with van der Waals surface area (Å²) in [5.41, 5.74) is 9.15. The Balaban J connectivity index is 1.22. The van der Waals surface area contributed by atoms with Gasteiger partial charge in [0.1, 0.15) is 28.4 Å². The van der Waals surface area contributed by atoms with Gasteiger partial charge in [0.25, 0.3) is 0 Å². The number of nitrogens with zero attached hydrogens (tertiary/aromatic N) is 5. The zero-order valence-corrected chi connectivity index (χ0v) is 26.2. The number of aromatic nitrogens is 5. The first-order valence-electron chi connectivity index (χ1n) is 16.0. The molecule has 0 amide bonds. The number of hydrogen-bond donors (Lipinski definition) is 0. The number of ether oxygens (including phenoxy) is 1. The Kier molecular flexibility index (Phi) is 5.17. The van der Waals surface area contributed by atoms with Crippen LogP contribution in [0, 0.1) is 0 Å². The lowest BCUT2D eigenvalue weighted by molar-refractivity contribution is 0.484. The Bertz CT molecular complexity index is 2930. The second kappa shape index (κ2) is 9.27. The smallest absolute Gasteiger partial charge is 0.147 e. The van der Waals surface area contributed by atoms with Gasteiger partial charge in [0.2, 0.25) is 0 Å². The summed E-state index contributed by atoms with van der Waals surface area (Å²) in [6, 6.07) is 40.0. The topological polar surface area (TPSA) is 56.7 Å². The Morgan fingerprint density at radius 2 is 1.13 bits per heavy atom. The summed E-state index contributed by atoms with van der Waals surface area (Å²) in [5.74, 6) is 1.50. The van der Waals surface area contributed by atoms with Gasteiger partial charge in [-0.25, -0.2) is 15.0 Å². The number of para-hydroxylation sites is 4. The molecule has 224 valence electrons. The van der Waals surface area contributed by atoms with E-state index in [0.29, 0.717) is 0 Å². The highest BCUT2D eigenvalue weighted by Gasteiger charge is 2.22. The van der Waals surface area contributed by atoms with Crippen molar-refractivity contribution in [2.24, 2.45) is 0 Å². The lowest BCUT2D eigenvalue weighted by atomic mass is 9.83. The van der Waals surface area contributed by atoms with Gasteiger partial charge in [-0.1, -0.05) is 57.2 Å². The average Bonchev–Trinajstić information content (AvgIpc) is 3.68. The molecule has 10 rings (SSSR count). The zero-order chi connectivity index (χ0) is 31.4. The van der Waals surface area contributed by atoms with Crippen LogP contribution in [0.4, 0.5) is 0 Å². The average molecular weight is 608 g/mol. The molecule has 47 heavy (non-hydrogen) atoms. The van der Waals surface area contributed by atoms with Gasteiger partial charge in [-0.05, 0) is 101 Å². The molecule has 0 unspecified atom stereocenters. The predicted octanol–water partition coefficient (Wildman–Crippen LogP) is 10.4. The van der Waals surface area contributed by atoms with Crippen molar-refractivity contribution in [2.75, 3.05) is 0 Å². The van der Waals surface area contributed by atoms with Gasteiger partial charge in [-0.2, -0.15) is 0 Å². The summed E-state index contributed by atoms with van der Waals surface area (Å²) < 4.78 is 11.1. The van der Waals surface area contributed by atoms with Crippen LogP contribution in [0.15, 0.2) is 121 Å². The fourth-order valence-electron chi connectivity index (χ4n) is 7.42. The lowest BCUT2D eigenvalue weighted by Gasteiger charge is -2.23. The molecule has 0 aliphatic carbocycles. The molecule has 0 N–H and O–H groups in total. The van der Waals surface area contributed by atoms with Gasteiger partial charge < -0.3 is 4.74 Å². The molecule has 0 spiro atoms. The maximum Gasteiger partial charge on any atom is 0.147 e. The minimum atomic E-state index is -0.0422. The van der Waals surface area contributed by atoms with Crippen molar-refractivity contribution in [1.82, 2.24) is 23.8 Å². The summed E-state index contributed by atoms with van der Waals surface area (Å²) >= 11 is 0. The fraction of sp³-hybridized carbons (Fsp3) is 0.0976. The van der Waals surface area contributed by atoms with Gasteiger partial charge in [0.15, 0.2) is 0 Å². The molecular weight excluding hydrogens is 578 g/mol. The van der Waals surface area contributed by atoms with E-state index in [1.165, 1.54) is 16.3 Å². The van der Waals surface area contributed by atoms with Crippen molar-refractivity contribution >= 4 is 76.8 Å². The van der Waals surface area contributed by atoms with E-state index in [-0.39, 0.29) is 5.41 Å². The molecule has 6 nitrogen and oxygen atoms in total. The van der Waals surface area contributed by atoms with E-state index in [4.69, 9.17) is 19.7 Å². The molecule has 0 saturated carbocycles. The van der Waals surface area contributed by atoms with Gasteiger partial charge in [0, 0.05) is 27.7 Å². The molecule has 0 atom stereocenters. The van der Waals surface area contributed by atoms with Gasteiger partial charge in [-0.3, -0.25) is 8.80 Å².